The molecule has 6 heteroatoms. The summed E-state index contributed by atoms with van der Waals surface area (Å²) in [6, 6.07) is 4.31. The SMILES string of the molecule is CN(C)CCN(C)c1cc2c(cn1)CC(=O)C(C#N)=C2N1CCC2(CCC2)CC1. The molecule has 1 aliphatic heterocycles. The van der Waals surface area contributed by atoms with Gasteiger partial charge >= 0.3 is 0 Å². The average molecular weight is 394 g/mol. The quantitative estimate of drug-likeness (QED) is 0.766. The molecular formula is C23H31N5O. The zero-order chi connectivity index (χ0) is 20.6. The molecule has 1 saturated carbocycles. The molecule has 2 heterocycles. The van der Waals surface area contributed by atoms with Gasteiger partial charge in [0.2, 0.25) is 0 Å². The van der Waals surface area contributed by atoms with Crippen molar-refractivity contribution in [3.63, 3.8) is 0 Å². The number of anilines is 1. The molecule has 3 aliphatic rings. The van der Waals surface area contributed by atoms with Crippen LogP contribution in [0.3, 0.4) is 0 Å². The summed E-state index contributed by atoms with van der Waals surface area (Å²) in [6.07, 6.45) is 8.46. The van der Waals surface area contributed by atoms with Crippen LogP contribution in [0.4, 0.5) is 5.82 Å². The van der Waals surface area contributed by atoms with Crippen LogP contribution >= 0.6 is 0 Å². The van der Waals surface area contributed by atoms with Crippen LogP contribution in [0.5, 0.6) is 0 Å². The van der Waals surface area contributed by atoms with Crippen molar-refractivity contribution >= 4 is 17.3 Å². The lowest BCUT2D eigenvalue weighted by atomic mass is 9.63. The van der Waals surface area contributed by atoms with Crippen molar-refractivity contribution in [2.45, 2.75) is 38.5 Å². The molecule has 6 nitrogen and oxygen atoms in total. The molecule has 154 valence electrons. The molecule has 0 aromatic carbocycles. The molecule has 1 saturated heterocycles. The van der Waals surface area contributed by atoms with E-state index in [4.69, 9.17) is 0 Å². The standard InChI is InChI=1S/C23H31N5O/c1-26(2)11-12-27(3)21-14-18-17(16-25-21)13-20(29)19(15-24)22(18)28-9-7-23(8-10-28)5-4-6-23/h14,16H,4-13H2,1-3H3. The molecule has 0 radical (unpaired) electrons. The van der Waals surface area contributed by atoms with E-state index in [-0.39, 0.29) is 12.2 Å². The summed E-state index contributed by atoms with van der Waals surface area (Å²) in [6.45, 7) is 3.67. The minimum Gasteiger partial charge on any atom is -0.370 e. The third kappa shape index (κ3) is 3.76. The average Bonchev–Trinajstić information content (AvgIpc) is 2.69. The van der Waals surface area contributed by atoms with Crippen LogP contribution in [0.1, 0.15) is 43.2 Å². The highest BCUT2D eigenvalue weighted by Crippen LogP contribution is 2.50. The Morgan fingerprint density at radius 2 is 1.90 bits per heavy atom. The first-order valence-corrected chi connectivity index (χ1v) is 10.7. The molecule has 29 heavy (non-hydrogen) atoms. The number of likely N-dealkylation sites (N-methyl/N-ethyl adjacent to an activating group) is 2. The van der Waals surface area contributed by atoms with E-state index in [1.165, 1.54) is 32.1 Å². The number of aromatic nitrogens is 1. The zero-order valence-corrected chi connectivity index (χ0v) is 17.9. The van der Waals surface area contributed by atoms with E-state index in [9.17, 15) is 10.1 Å². The summed E-state index contributed by atoms with van der Waals surface area (Å²) < 4.78 is 0. The van der Waals surface area contributed by atoms with E-state index in [2.05, 4.69) is 45.9 Å². The summed E-state index contributed by atoms with van der Waals surface area (Å²) in [5.41, 5.74) is 3.67. The Kier molecular flexibility index (Phi) is 5.35. The number of likely N-dealkylation sites (tertiary alicyclic amines) is 1. The van der Waals surface area contributed by atoms with Gasteiger partial charge in [0.15, 0.2) is 5.78 Å². The summed E-state index contributed by atoms with van der Waals surface area (Å²) in [4.78, 5) is 23.9. The first kappa shape index (κ1) is 19.9. The third-order valence-electron chi connectivity index (χ3n) is 7.03. The van der Waals surface area contributed by atoms with Crippen LogP contribution in [-0.2, 0) is 11.2 Å². The van der Waals surface area contributed by atoms with Gasteiger partial charge in [0.1, 0.15) is 17.5 Å². The lowest BCUT2D eigenvalue weighted by Gasteiger charge is -2.49. The number of carbonyl (C=O) groups excluding carboxylic acids is 1. The second kappa shape index (κ2) is 7.79. The highest BCUT2D eigenvalue weighted by Gasteiger charge is 2.41. The summed E-state index contributed by atoms with van der Waals surface area (Å²) in [5, 5.41) is 9.78. The smallest absolute Gasteiger partial charge is 0.179 e. The maximum absolute atomic E-state index is 12.7. The molecule has 0 atom stereocenters. The van der Waals surface area contributed by atoms with E-state index >= 15 is 0 Å². The highest BCUT2D eigenvalue weighted by molar-refractivity contribution is 6.10. The van der Waals surface area contributed by atoms with E-state index in [1.807, 2.05) is 13.2 Å². The van der Waals surface area contributed by atoms with Gasteiger partial charge in [0, 0.05) is 51.4 Å². The number of Topliss-reactive ketones (excluding diaryl/α,β-unsaturated/α-hetero) is 1. The van der Waals surface area contributed by atoms with Gasteiger partial charge in [-0.1, -0.05) is 6.42 Å². The van der Waals surface area contributed by atoms with Gasteiger partial charge in [-0.3, -0.25) is 4.79 Å². The number of allylic oxidation sites excluding steroid dienone is 1. The number of piperidine rings is 1. The number of nitrogens with zero attached hydrogens (tertiary/aromatic N) is 5. The number of nitriles is 1. The molecule has 0 unspecified atom stereocenters. The maximum Gasteiger partial charge on any atom is 0.179 e. The first-order valence-electron chi connectivity index (χ1n) is 10.7. The van der Waals surface area contributed by atoms with Crippen LogP contribution in [0, 0.1) is 16.7 Å². The second-order valence-corrected chi connectivity index (χ2v) is 9.20. The molecule has 1 aromatic heterocycles. The van der Waals surface area contributed by atoms with E-state index < -0.39 is 0 Å². The number of hydrogen-bond donors (Lipinski definition) is 0. The number of rotatable bonds is 5. The Morgan fingerprint density at radius 3 is 2.48 bits per heavy atom. The van der Waals surface area contributed by atoms with Crippen molar-refractivity contribution in [3.8, 4) is 6.07 Å². The zero-order valence-electron chi connectivity index (χ0n) is 17.9. The Labute approximate surface area is 173 Å². The maximum atomic E-state index is 12.7. The van der Waals surface area contributed by atoms with Gasteiger partial charge in [0.25, 0.3) is 0 Å². The van der Waals surface area contributed by atoms with E-state index in [1.54, 1.807) is 0 Å². The molecule has 0 bridgehead atoms. The Bertz CT molecular complexity index is 868. The summed E-state index contributed by atoms with van der Waals surface area (Å²) in [7, 11) is 6.16. The molecule has 2 fully saturated rings. The molecule has 1 spiro atoms. The topological polar surface area (TPSA) is 63.5 Å². The molecule has 1 aromatic rings. The molecule has 0 amide bonds. The van der Waals surface area contributed by atoms with Crippen LogP contribution in [0.25, 0.3) is 5.70 Å². The van der Waals surface area contributed by atoms with Crippen LogP contribution in [0.2, 0.25) is 0 Å². The molecular weight excluding hydrogens is 362 g/mol. The van der Waals surface area contributed by atoms with Crippen LogP contribution in [-0.4, -0.2) is 67.9 Å². The third-order valence-corrected chi connectivity index (χ3v) is 7.03. The lowest BCUT2D eigenvalue weighted by molar-refractivity contribution is -0.114. The molecule has 2 aliphatic carbocycles. The van der Waals surface area contributed by atoms with Gasteiger partial charge in [0.05, 0.1) is 5.70 Å². The van der Waals surface area contributed by atoms with Crippen LogP contribution in [0.15, 0.2) is 17.8 Å². The monoisotopic (exact) mass is 393 g/mol. The second-order valence-electron chi connectivity index (χ2n) is 9.20. The van der Waals surface area contributed by atoms with Crippen LogP contribution < -0.4 is 4.90 Å². The number of ketones is 1. The Morgan fingerprint density at radius 1 is 1.17 bits per heavy atom. The Hall–Kier alpha value is -2.39. The normalized spacial score (nSPS) is 20.5. The van der Waals surface area contributed by atoms with Gasteiger partial charge < -0.3 is 14.7 Å². The first-order chi connectivity index (χ1) is 13.9. The summed E-state index contributed by atoms with van der Waals surface area (Å²) in [5.74, 6) is 0.816. The van der Waals surface area contributed by atoms with Crippen molar-refractivity contribution < 1.29 is 4.79 Å². The number of hydrogen-bond acceptors (Lipinski definition) is 6. The Balaban J connectivity index is 1.65. The largest absolute Gasteiger partial charge is 0.370 e. The van der Waals surface area contributed by atoms with Gasteiger partial charge in [-0.2, -0.15) is 5.26 Å². The van der Waals surface area contributed by atoms with Gasteiger partial charge in [-0.25, -0.2) is 4.98 Å². The van der Waals surface area contributed by atoms with Gasteiger partial charge in [-0.05, 0) is 56.8 Å². The van der Waals surface area contributed by atoms with Crippen molar-refractivity contribution in [1.29, 1.82) is 5.26 Å². The molecule has 4 rings (SSSR count). The minimum atomic E-state index is -0.0746. The minimum absolute atomic E-state index is 0.0746. The predicted octanol–water partition coefficient (Wildman–Crippen LogP) is 2.71. The number of carbonyl (C=O) groups is 1. The lowest BCUT2D eigenvalue weighted by Crippen LogP contribution is -2.43. The van der Waals surface area contributed by atoms with E-state index in [0.717, 1.165) is 48.8 Å². The van der Waals surface area contributed by atoms with E-state index in [0.29, 0.717) is 11.0 Å². The number of pyridine rings is 1. The van der Waals surface area contributed by atoms with Crippen molar-refractivity contribution in [2.24, 2.45) is 5.41 Å². The van der Waals surface area contributed by atoms with Crippen molar-refractivity contribution in [1.82, 2.24) is 14.8 Å². The fourth-order valence-electron chi connectivity index (χ4n) is 4.86. The van der Waals surface area contributed by atoms with Crippen molar-refractivity contribution in [3.05, 3.63) is 29.0 Å². The van der Waals surface area contributed by atoms with Gasteiger partial charge in [-0.15, -0.1) is 0 Å². The molecule has 0 N–H and O–H groups in total. The fourth-order valence-corrected chi connectivity index (χ4v) is 4.86. The number of fused-ring (bicyclic) bond motifs is 1. The fraction of sp³-hybridized carbons (Fsp3) is 0.609. The highest BCUT2D eigenvalue weighted by atomic mass is 16.1. The van der Waals surface area contributed by atoms with Crippen molar-refractivity contribution in [2.75, 3.05) is 52.2 Å². The summed E-state index contributed by atoms with van der Waals surface area (Å²) >= 11 is 0. The predicted molar refractivity (Wildman–Crippen MR) is 114 cm³/mol.